The fourth-order valence-electron chi connectivity index (χ4n) is 2.50. The molecule has 0 bridgehead atoms. The minimum absolute atomic E-state index is 0.0842. The number of aryl methyl sites for hydroxylation is 1. The van der Waals surface area contributed by atoms with Gasteiger partial charge >= 0.3 is 0 Å². The van der Waals surface area contributed by atoms with Crippen molar-refractivity contribution in [2.75, 3.05) is 36.0 Å². The lowest BCUT2D eigenvalue weighted by atomic mass is 10.2. The average Bonchev–Trinajstić information content (AvgIpc) is 2.96. The molecule has 2 aromatic rings. The second kappa shape index (κ2) is 5.81. The summed E-state index contributed by atoms with van der Waals surface area (Å²) in [5.41, 5.74) is 2.61. The van der Waals surface area contributed by atoms with Crippen molar-refractivity contribution in [2.24, 2.45) is 0 Å². The summed E-state index contributed by atoms with van der Waals surface area (Å²) in [5, 5.41) is 10.1. The normalized spacial score (nSPS) is 15.7. The monoisotopic (exact) mass is 289 g/mol. The number of aromatic nitrogens is 1. The van der Waals surface area contributed by atoms with Crippen LogP contribution in [0.5, 0.6) is 0 Å². The molecule has 1 aliphatic rings. The lowest BCUT2D eigenvalue weighted by Crippen LogP contribution is -2.46. The van der Waals surface area contributed by atoms with Crippen LogP contribution in [0.25, 0.3) is 0 Å². The van der Waals surface area contributed by atoms with Crippen LogP contribution in [0.1, 0.15) is 10.4 Å². The Bertz CT molecular complexity index is 576. The highest BCUT2D eigenvalue weighted by molar-refractivity contribution is 7.15. The molecule has 0 unspecified atom stereocenters. The zero-order chi connectivity index (χ0) is 13.9. The second-order valence-corrected chi connectivity index (χ2v) is 6.17. The Morgan fingerprint density at radius 2 is 1.95 bits per heavy atom. The average molecular weight is 289 g/mol. The summed E-state index contributed by atoms with van der Waals surface area (Å²) in [6.45, 7) is 6.19. The molecule has 1 N–H and O–H groups in total. The van der Waals surface area contributed by atoms with Crippen LogP contribution in [-0.2, 0) is 6.61 Å². The number of anilines is 2. The predicted octanol–water partition coefficient (Wildman–Crippen LogP) is 2.27. The van der Waals surface area contributed by atoms with Gasteiger partial charge in [0.2, 0.25) is 0 Å². The smallest absolute Gasteiger partial charge is 0.185 e. The minimum atomic E-state index is 0.0842. The Kier molecular flexibility index (Phi) is 3.89. The highest BCUT2D eigenvalue weighted by atomic mass is 32.1. The van der Waals surface area contributed by atoms with E-state index in [1.165, 1.54) is 11.3 Å². The van der Waals surface area contributed by atoms with E-state index < -0.39 is 0 Å². The van der Waals surface area contributed by atoms with Crippen LogP contribution < -0.4 is 9.80 Å². The molecule has 3 rings (SSSR count). The van der Waals surface area contributed by atoms with Crippen LogP contribution in [0, 0.1) is 6.92 Å². The van der Waals surface area contributed by atoms with E-state index in [9.17, 15) is 0 Å². The molecule has 1 fully saturated rings. The Morgan fingerprint density at radius 1 is 1.20 bits per heavy atom. The number of aliphatic hydroxyl groups is 1. The van der Waals surface area contributed by atoms with Gasteiger partial charge < -0.3 is 14.9 Å². The van der Waals surface area contributed by atoms with Crippen molar-refractivity contribution in [2.45, 2.75) is 13.5 Å². The van der Waals surface area contributed by atoms with Crippen molar-refractivity contribution in [1.82, 2.24) is 4.98 Å². The van der Waals surface area contributed by atoms with E-state index in [-0.39, 0.29) is 6.61 Å². The van der Waals surface area contributed by atoms with Crippen LogP contribution in [0.4, 0.5) is 10.8 Å². The second-order valence-electron chi connectivity index (χ2n) is 5.08. The first-order chi connectivity index (χ1) is 9.76. The lowest BCUT2D eigenvalue weighted by Gasteiger charge is -2.36. The van der Waals surface area contributed by atoms with Crippen LogP contribution in [0.15, 0.2) is 30.5 Å². The van der Waals surface area contributed by atoms with Crippen LogP contribution in [0.2, 0.25) is 0 Å². The number of benzene rings is 1. The molecule has 106 valence electrons. The van der Waals surface area contributed by atoms with Crippen molar-refractivity contribution >= 4 is 22.2 Å². The van der Waals surface area contributed by atoms with Crippen molar-refractivity contribution in [3.8, 4) is 0 Å². The molecule has 1 aromatic heterocycles. The van der Waals surface area contributed by atoms with Gasteiger partial charge in [-0.1, -0.05) is 23.5 Å². The molecular formula is C15H19N3OS. The third kappa shape index (κ3) is 2.78. The molecule has 1 aromatic carbocycles. The van der Waals surface area contributed by atoms with Gasteiger partial charge in [-0.15, -0.1) is 0 Å². The maximum absolute atomic E-state index is 9.11. The molecule has 0 radical (unpaired) electrons. The molecule has 0 amide bonds. The Morgan fingerprint density at radius 3 is 2.60 bits per heavy atom. The largest absolute Gasteiger partial charge is 0.391 e. The summed E-state index contributed by atoms with van der Waals surface area (Å²) in [7, 11) is 0. The summed E-state index contributed by atoms with van der Waals surface area (Å²) in [5.74, 6) is 0. The number of hydrogen-bond acceptors (Lipinski definition) is 5. The molecule has 0 atom stereocenters. The summed E-state index contributed by atoms with van der Waals surface area (Å²) >= 11 is 1.59. The standard InChI is InChI=1S/C15H19N3OS/c1-12-3-2-4-13(9-12)17-5-7-18(8-6-17)15-16-10-14(11-19)20-15/h2-4,9-10,19H,5-8,11H2,1H3. The van der Waals surface area contributed by atoms with Gasteiger partial charge in [0.15, 0.2) is 5.13 Å². The van der Waals surface area contributed by atoms with E-state index in [1.54, 1.807) is 17.5 Å². The SMILES string of the molecule is Cc1cccc(N2CCN(c3ncc(CO)s3)CC2)c1. The number of hydrogen-bond donors (Lipinski definition) is 1. The zero-order valence-electron chi connectivity index (χ0n) is 11.6. The van der Waals surface area contributed by atoms with Crippen molar-refractivity contribution in [3.63, 3.8) is 0 Å². The van der Waals surface area contributed by atoms with Crippen LogP contribution in [0.3, 0.4) is 0 Å². The fraction of sp³-hybridized carbons (Fsp3) is 0.400. The summed E-state index contributed by atoms with van der Waals surface area (Å²) in [6.07, 6.45) is 1.77. The fourth-order valence-corrected chi connectivity index (χ4v) is 3.32. The third-order valence-electron chi connectivity index (χ3n) is 3.61. The number of thiazole rings is 1. The Labute approximate surface area is 123 Å². The van der Waals surface area contributed by atoms with Crippen molar-refractivity contribution in [1.29, 1.82) is 0 Å². The van der Waals surface area contributed by atoms with E-state index in [1.807, 2.05) is 0 Å². The molecule has 20 heavy (non-hydrogen) atoms. The maximum Gasteiger partial charge on any atom is 0.185 e. The molecule has 0 spiro atoms. The summed E-state index contributed by atoms with van der Waals surface area (Å²) in [4.78, 5) is 10.0. The lowest BCUT2D eigenvalue weighted by molar-refractivity contribution is 0.285. The highest BCUT2D eigenvalue weighted by Gasteiger charge is 2.19. The highest BCUT2D eigenvalue weighted by Crippen LogP contribution is 2.25. The van der Waals surface area contributed by atoms with Crippen LogP contribution >= 0.6 is 11.3 Å². The van der Waals surface area contributed by atoms with Crippen molar-refractivity contribution in [3.05, 3.63) is 40.9 Å². The first kappa shape index (κ1) is 13.4. The Balaban J connectivity index is 1.64. The van der Waals surface area contributed by atoms with Gasteiger partial charge in [-0.2, -0.15) is 0 Å². The molecule has 1 aliphatic heterocycles. The van der Waals surface area contributed by atoms with E-state index in [4.69, 9.17) is 5.11 Å². The van der Waals surface area contributed by atoms with Crippen LogP contribution in [-0.4, -0.2) is 36.3 Å². The van der Waals surface area contributed by atoms with Gasteiger partial charge in [-0.05, 0) is 24.6 Å². The topological polar surface area (TPSA) is 39.6 Å². The van der Waals surface area contributed by atoms with Gasteiger partial charge in [0, 0.05) is 38.1 Å². The molecule has 5 heteroatoms. The number of aliphatic hydroxyl groups excluding tert-OH is 1. The van der Waals surface area contributed by atoms with E-state index in [0.717, 1.165) is 36.2 Å². The zero-order valence-corrected chi connectivity index (χ0v) is 12.4. The maximum atomic E-state index is 9.11. The van der Waals surface area contributed by atoms with Gasteiger partial charge in [-0.25, -0.2) is 4.98 Å². The van der Waals surface area contributed by atoms with Gasteiger partial charge in [0.05, 0.1) is 11.5 Å². The quantitative estimate of drug-likeness (QED) is 0.941. The van der Waals surface area contributed by atoms with E-state index >= 15 is 0 Å². The van der Waals surface area contributed by atoms with Gasteiger partial charge in [-0.3, -0.25) is 0 Å². The molecule has 0 saturated carbocycles. The summed E-state index contributed by atoms with van der Waals surface area (Å²) < 4.78 is 0. The molecular weight excluding hydrogens is 270 g/mol. The van der Waals surface area contributed by atoms with Gasteiger partial charge in [0.1, 0.15) is 0 Å². The minimum Gasteiger partial charge on any atom is -0.391 e. The first-order valence-corrected chi connectivity index (χ1v) is 7.70. The predicted molar refractivity (Wildman–Crippen MR) is 83.6 cm³/mol. The molecule has 4 nitrogen and oxygen atoms in total. The summed E-state index contributed by atoms with van der Waals surface area (Å²) in [6, 6.07) is 8.66. The number of rotatable bonds is 3. The third-order valence-corrected chi connectivity index (χ3v) is 4.66. The Hall–Kier alpha value is -1.59. The number of nitrogens with zero attached hydrogens (tertiary/aromatic N) is 3. The van der Waals surface area contributed by atoms with E-state index in [2.05, 4.69) is 46.0 Å². The van der Waals surface area contributed by atoms with Crippen molar-refractivity contribution < 1.29 is 5.11 Å². The molecule has 1 saturated heterocycles. The number of piperazine rings is 1. The van der Waals surface area contributed by atoms with Gasteiger partial charge in [0.25, 0.3) is 0 Å². The molecule has 2 heterocycles. The van der Waals surface area contributed by atoms with E-state index in [0.29, 0.717) is 0 Å². The molecule has 0 aliphatic carbocycles. The first-order valence-electron chi connectivity index (χ1n) is 6.88.